The summed E-state index contributed by atoms with van der Waals surface area (Å²) in [4.78, 5) is 3.37. The molecule has 1 aliphatic rings. The van der Waals surface area contributed by atoms with Crippen molar-refractivity contribution in [3.63, 3.8) is 0 Å². The highest BCUT2D eigenvalue weighted by Crippen LogP contribution is 2.10. The van der Waals surface area contributed by atoms with E-state index in [-0.39, 0.29) is 0 Å². The normalized spacial score (nSPS) is 24.5. The Balaban J connectivity index is 2.45. The predicted molar refractivity (Wildman–Crippen MR) is 50.1 cm³/mol. The van der Waals surface area contributed by atoms with Gasteiger partial charge < -0.3 is 14.2 Å². The van der Waals surface area contributed by atoms with Crippen LogP contribution in [0.15, 0.2) is 0 Å². The fraction of sp³-hybridized carbons (Fsp3) is 1.00. The van der Waals surface area contributed by atoms with Crippen LogP contribution in [-0.4, -0.2) is 42.6 Å². The first-order valence-electron chi connectivity index (χ1n) is 4.39. The minimum Gasteiger partial charge on any atom is -0.386 e. The molecule has 12 heavy (non-hydrogen) atoms. The van der Waals surface area contributed by atoms with E-state index < -0.39 is 8.72 Å². The van der Waals surface area contributed by atoms with Crippen molar-refractivity contribution < 1.29 is 8.85 Å². The Morgan fingerprint density at radius 2 is 1.83 bits per heavy atom. The molecule has 4 nitrogen and oxygen atoms in total. The van der Waals surface area contributed by atoms with Crippen molar-refractivity contribution in [2.75, 3.05) is 33.9 Å². The summed E-state index contributed by atoms with van der Waals surface area (Å²) in [5, 5.41) is 3.32. The highest BCUT2D eigenvalue weighted by molar-refractivity contribution is 6.64. The Morgan fingerprint density at radius 1 is 1.08 bits per heavy atom. The Bertz CT molecular complexity index is 121. The topological polar surface area (TPSA) is 42.5 Å². The fourth-order valence-electron chi connectivity index (χ4n) is 1.43. The van der Waals surface area contributed by atoms with Crippen molar-refractivity contribution in [3.05, 3.63) is 0 Å². The van der Waals surface area contributed by atoms with Crippen molar-refractivity contribution in [2.45, 2.75) is 12.5 Å². The van der Waals surface area contributed by atoms with E-state index in [2.05, 4.69) is 10.3 Å². The van der Waals surface area contributed by atoms with Gasteiger partial charge in [-0.2, -0.15) is 0 Å². The van der Waals surface area contributed by atoms with Crippen molar-refractivity contribution in [1.29, 1.82) is 0 Å². The third-order valence-electron chi connectivity index (χ3n) is 2.22. The summed E-state index contributed by atoms with van der Waals surface area (Å²) in [5.41, 5.74) is 0. The third-order valence-corrected chi connectivity index (χ3v) is 5.33. The van der Waals surface area contributed by atoms with Gasteiger partial charge in [0.1, 0.15) is 0 Å². The molecular formula is C7H18N2O2Si. The molecule has 0 amide bonds. The zero-order valence-electron chi connectivity index (χ0n) is 7.85. The Kier molecular flexibility index (Phi) is 4.17. The van der Waals surface area contributed by atoms with Crippen LogP contribution in [0.4, 0.5) is 0 Å². The highest BCUT2D eigenvalue weighted by atomic mass is 28.4. The first-order valence-corrected chi connectivity index (χ1v) is 6.41. The lowest BCUT2D eigenvalue weighted by molar-refractivity contribution is 0.224. The minimum atomic E-state index is -2.00. The van der Waals surface area contributed by atoms with Crippen LogP contribution in [0, 0.1) is 0 Å². The van der Waals surface area contributed by atoms with Crippen LogP contribution in [0.1, 0.15) is 6.42 Å². The molecule has 0 unspecified atom stereocenters. The molecule has 72 valence electrons. The molecule has 0 saturated carbocycles. The van der Waals surface area contributed by atoms with Crippen LogP contribution in [0.5, 0.6) is 0 Å². The zero-order valence-corrected chi connectivity index (χ0v) is 8.85. The number of rotatable bonds is 2. The molecule has 1 rings (SSSR count). The molecule has 0 bridgehead atoms. The Labute approximate surface area is 75.0 Å². The van der Waals surface area contributed by atoms with E-state index in [1.807, 2.05) is 0 Å². The zero-order chi connectivity index (χ0) is 8.86. The van der Waals surface area contributed by atoms with Crippen LogP contribution < -0.4 is 10.3 Å². The lowest BCUT2D eigenvalue weighted by atomic mass is 10.4. The van der Waals surface area contributed by atoms with Gasteiger partial charge in [0.05, 0.1) is 0 Å². The lowest BCUT2D eigenvalue weighted by Gasteiger charge is -2.29. The first-order chi connectivity index (χ1) is 5.83. The molecule has 0 spiro atoms. The smallest absolute Gasteiger partial charge is 0.386 e. The maximum atomic E-state index is 5.44. The molecule has 1 aliphatic heterocycles. The number of nitrogens with one attached hydrogen (secondary N) is 2. The van der Waals surface area contributed by atoms with Gasteiger partial charge in [-0.3, -0.25) is 4.98 Å². The van der Waals surface area contributed by atoms with Gasteiger partial charge in [-0.1, -0.05) is 0 Å². The largest absolute Gasteiger partial charge is 0.424 e. The molecule has 0 atom stereocenters. The lowest BCUT2D eigenvalue weighted by Crippen LogP contribution is -2.57. The molecule has 5 heteroatoms. The maximum Gasteiger partial charge on any atom is 0.424 e. The number of hydrogen-bond donors (Lipinski definition) is 2. The third kappa shape index (κ3) is 2.53. The highest BCUT2D eigenvalue weighted by Gasteiger charge is 2.35. The summed E-state index contributed by atoms with van der Waals surface area (Å²) in [7, 11) is 1.46. The molecule has 0 aromatic rings. The summed E-state index contributed by atoms with van der Waals surface area (Å²) < 4.78 is 10.9. The van der Waals surface area contributed by atoms with Gasteiger partial charge in [0.15, 0.2) is 0 Å². The van der Waals surface area contributed by atoms with E-state index in [0.29, 0.717) is 0 Å². The summed E-state index contributed by atoms with van der Waals surface area (Å²) in [6.07, 6.45) is 1.13. The standard InChI is InChI=1S/C7H18N2O2Si/c1-10-12(11-2)7-3-4-8-5-6-9-12/h8-9H,3-7H2,1-2H3. The quantitative estimate of drug-likeness (QED) is 0.592. The van der Waals surface area contributed by atoms with E-state index in [9.17, 15) is 0 Å². The fourth-order valence-corrected chi connectivity index (χ4v) is 3.62. The van der Waals surface area contributed by atoms with Gasteiger partial charge in [-0.05, 0) is 13.0 Å². The molecule has 0 aliphatic carbocycles. The van der Waals surface area contributed by atoms with Crippen molar-refractivity contribution in [1.82, 2.24) is 10.3 Å². The van der Waals surface area contributed by atoms with E-state index >= 15 is 0 Å². The van der Waals surface area contributed by atoms with E-state index in [1.165, 1.54) is 0 Å². The molecule has 1 saturated heterocycles. The van der Waals surface area contributed by atoms with Crippen LogP contribution in [0.25, 0.3) is 0 Å². The number of hydrogen-bond acceptors (Lipinski definition) is 4. The summed E-state index contributed by atoms with van der Waals surface area (Å²) >= 11 is 0. The average Bonchev–Trinajstić information content (AvgIpc) is 2.06. The monoisotopic (exact) mass is 190 g/mol. The van der Waals surface area contributed by atoms with Crippen molar-refractivity contribution in [2.24, 2.45) is 0 Å². The second-order valence-corrected chi connectivity index (χ2v) is 6.12. The molecule has 0 aromatic heterocycles. The van der Waals surface area contributed by atoms with Crippen LogP contribution in [0.3, 0.4) is 0 Å². The molecule has 0 aromatic carbocycles. The minimum absolute atomic E-state index is 0.938. The summed E-state index contributed by atoms with van der Waals surface area (Å²) in [6, 6.07) is 1.02. The van der Waals surface area contributed by atoms with Crippen LogP contribution in [0.2, 0.25) is 6.04 Å². The average molecular weight is 190 g/mol. The van der Waals surface area contributed by atoms with E-state index in [1.54, 1.807) is 14.2 Å². The second kappa shape index (κ2) is 4.93. The molecule has 1 fully saturated rings. The molecule has 0 radical (unpaired) electrons. The summed E-state index contributed by atoms with van der Waals surface area (Å²) in [5.74, 6) is 0. The van der Waals surface area contributed by atoms with Crippen molar-refractivity contribution in [3.8, 4) is 0 Å². The maximum absolute atomic E-state index is 5.44. The van der Waals surface area contributed by atoms with Gasteiger partial charge in [0.25, 0.3) is 0 Å². The first kappa shape index (κ1) is 10.1. The van der Waals surface area contributed by atoms with Crippen LogP contribution in [-0.2, 0) is 8.85 Å². The van der Waals surface area contributed by atoms with Crippen LogP contribution >= 0.6 is 0 Å². The Morgan fingerprint density at radius 3 is 2.50 bits per heavy atom. The molecule has 1 heterocycles. The van der Waals surface area contributed by atoms with Gasteiger partial charge in [0.2, 0.25) is 0 Å². The van der Waals surface area contributed by atoms with Gasteiger partial charge >= 0.3 is 8.72 Å². The predicted octanol–water partition coefficient (Wildman–Crippen LogP) is -0.199. The molecule has 2 N–H and O–H groups in total. The Hall–Kier alpha value is 0.0569. The second-order valence-electron chi connectivity index (χ2n) is 2.94. The van der Waals surface area contributed by atoms with Gasteiger partial charge in [-0.15, -0.1) is 0 Å². The SMILES string of the molecule is CO[Si]1(OC)CCCNCCN1. The van der Waals surface area contributed by atoms with Gasteiger partial charge in [-0.25, -0.2) is 0 Å². The van der Waals surface area contributed by atoms with E-state index in [0.717, 1.165) is 32.1 Å². The van der Waals surface area contributed by atoms with E-state index in [4.69, 9.17) is 8.85 Å². The molecular weight excluding hydrogens is 172 g/mol. The van der Waals surface area contributed by atoms with Gasteiger partial charge in [0, 0.05) is 33.4 Å². The summed E-state index contributed by atoms with van der Waals surface area (Å²) in [6.45, 7) is 3.01. The van der Waals surface area contributed by atoms with Crippen molar-refractivity contribution >= 4 is 8.72 Å².